The van der Waals surface area contributed by atoms with Gasteiger partial charge in [0.25, 0.3) is 0 Å². The van der Waals surface area contributed by atoms with Gasteiger partial charge in [-0.1, -0.05) is 23.6 Å². The minimum Gasteiger partial charge on any atom is -0.370 e. The number of nitrogens with zero attached hydrogens (tertiary/aromatic N) is 1. The second-order valence-electron chi connectivity index (χ2n) is 5.12. The molecule has 3 nitrogen and oxygen atoms in total. The van der Waals surface area contributed by atoms with Crippen molar-refractivity contribution in [2.24, 2.45) is 10.7 Å². The van der Waals surface area contributed by atoms with Gasteiger partial charge in [-0.3, -0.25) is 0 Å². The van der Waals surface area contributed by atoms with E-state index >= 15 is 0 Å². The van der Waals surface area contributed by atoms with Gasteiger partial charge in [0, 0.05) is 16.1 Å². The van der Waals surface area contributed by atoms with E-state index in [1.165, 1.54) is 12.1 Å². The third kappa shape index (κ3) is 5.97. The molecule has 0 aromatic heterocycles. The van der Waals surface area contributed by atoms with E-state index < -0.39 is 11.9 Å². The van der Waals surface area contributed by atoms with Crippen molar-refractivity contribution in [1.82, 2.24) is 5.32 Å². The number of nitrogens with two attached hydrogens (primary N) is 1. The smallest absolute Gasteiger partial charge is 0.190 e. The molecule has 1 unspecified atom stereocenters. The summed E-state index contributed by atoms with van der Waals surface area (Å²) in [5.74, 6) is 2.08. The first-order valence-electron chi connectivity index (χ1n) is 5.75. The van der Waals surface area contributed by atoms with Crippen LogP contribution in [0.15, 0.2) is 23.2 Å². The van der Waals surface area contributed by atoms with E-state index in [-0.39, 0.29) is 41.0 Å². The Morgan fingerprint density at radius 2 is 2.10 bits per heavy atom. The van der Waals surface area contributed by atoms with E-state index in [1.54, 1.807) is 6.07 Å². The molecule has 20 heavy (non-hydrogen) atoms. The van der Waals surface area contributed by atoms with E-state index in [0.29, 0.717) is 5.02 Å². The second kappa shape index (κ2) is 7.70. The summed E-state index contributed by atoms with van der Waals surface area (Å²) in [4.78, 5) is 4.11. The summed E-state index contributed by atoms with van der Waals surface area (Å²) >= 11 is 5.69. The van der Waals surface area contributed by atoms with E-state index in [2.05, 4.69) is 16.2 Å². The Kier molecular flexibility index (Phi) is 7.31. The molecule has 0 aliphatic carbocycles. The first kappa shape index (κ1) is 19.0. The predicted molar refractivity (Wildman–Crippen MR) is 92.9 cm³/mol. The molecule has 1 aromatic carbocycles. The van der Waals surface area contributed by atoms with Gasteiger partial charge in [0.1, 0.15) is 11.9 Å². The third-order valence-corrected chi connectivity index (χ3v) is 2.42. The van der Waals surface area contributed by atoms with Crippen LogP contribution in [0.3, 0.4) is 0 Å². The maximum atomic E-state index is 13.8. The normalized spacial score (nSPS) is 13.1. The van der Waals surface area contributed by atoms with Crippen molar-refractivity contribution in [1.29, 1.82) is 0 Å². The SMILES string of the molecule is C#CC(N=C(N)NC(C)(C)C)c1ccc(Cl)cc1F.I. The van der Waals surface area contributed by atoms with Crippen LogP contribution in [0.25, 0.3) is 0 Å². The molecule has 0 aliphatic rings. The van der Waals surface area contributed by atoms with Crippen LogP contribution >= 0.6 is 35.6 Å². The van der Waals surface area contributed by atoms with Crippen molar-refractivity contribution in [3.8, 4) is 12.3 Å². The summed E-state index contributed by atoms with van der Waals surface area (Å²) < 4.78 is 13.8. The number of nitrogens with one attached hydrogen (secondary N) is 1. The Bertz CT molecular complexity index is 532. The Balaban J connectivity index is 0.00000361. The highest BCUT2D eigenvalue weighted by Gasteiger charge is 2.15. The van der Waals surface area contributed by atoms with Crippen LogP contribution in [0.4, 0.5) is 4.39 Å². The predicted octanol–water partition coefficient (Wildman–Crippen LogP) is 3.47. The first-order valence-corrected chi connectivity index (χ1v) is 6.13. The van der Waals surface area contributed by atoms with Gasteiger partial charge in [0.2, 0.25) is 0 Å². The standard InChI is InChI=1S/C14H17ClFN3.HI/c1-5-12(18-13(17)19-14(2,3)4)10-7-6-9(15)8-11(10)16;/h1,6-8,12H,2-4H3,(H3,17,18,19);1H. The van der Waals surface area contributed by atoms with Crippen LogP contribution in [-0.4, -0.2) is 11.5 Å². The minimum absolute atomic E-state index is 0. The summed E-state index contributed by atoms with van der Waals surface area (Å²) in [5, 5.41) is 3.28. The zero-order chi connectivity index (χ0) is 14.6. The molecule has 3 N–H and O–H groups in total. The number of hydrogen-bond donors (Lipinski definition) is 2. The van der Waals surface area contributed by atoms with E-state index in [0.717, 1.165) is 0 Å². The largest absolute Gasteiger partial charge is 0.370 e. The molecule has 1 atom stereocenters. The summed E-state index contributed by atoms with van der Waals surface area (Å²) in [6.45, 7) is 5.80. The summed E-state index contributed by atoms with van der Waals surface area (Å²) in [6.07, 6.45) is 5.38. The third-order valence-electron chi connectivity index (χ3n) is 2.19. The van der Waals surface area contributed by atoms with Crippen molar-refractivity contribution in [3.05, 3.63) is 34.6 Å². The minimum atomic E-state index is -0.785. The monoisotopic (exact) mass is 409 g/mol. The van der Waals surface area contributed by atoms with Crippen LogP contribution in [0.1, 0.15) is 32.4 Å². The fourth-order valence-corrected chi connectivity index (χ4v) is 1.63. The van der Waals surface area contributed by atoms with Crippen molar-refractivity contribution in [2.75, 3.05) is 0 Å². The van der Waals surface area contributed by atoms with Crippen LogP contribution < -0.4 is 11.1 Å². The lowest BCUT2D eigenvalue weighted by Gasteiger charge is -2.21. The van der Waals surface area contributed by atoms with Crippen LogP contribution in [0, 0.1) is 18.2 Å². The maximum Gasteiger partial charge on any atom is 0.190 e. The number of aliphatic imine (C=N–C) groups is 1. The number of hydrogen-bond acceptors (Lipinski definition) is 1. The molecule has 0 radical (unpaired) electrons. The molecule has 0 saturated carbocycles. The molecule has 0 fully saturated rings. The van der Waals surface area contributed by atoms with Crippen molar-refractivity contribution in [2.45, 2.75) is 32.4 Å². The fraction of sp³-hybridized carbons (Fsp3) is 0.357. The Morgan fingerprint density at radius 3 is 2.55 bits per heavy atom. The lowest BCUT2D eigenvalue weighted by Crippen LogP contribution is -2.45. The van der Waals surface area contributed by atoms with E-state index in [9.17, 15) is 4.39 Å². The van der Waals surface area contributed by atoms with E-state index in [4.69, 9.17) is 23.8 Å². The van der Waals surface area contributed by atoms with Gasteiger partial charge < -0.3 is 11.1 Å². The quantitative estimate of drug-likeness (QED) is 0.340. The highest BCUT2D eigenvalue weighted by Crippen LogP contribution is 2.23. The Hall–Kier alpha value is -1.000. The molecule has 0 heterocycles. The van der Waals surface area contributed by atoms with E-state index in [1.807, 2.05) is 20.8 Å². The average Bonchev–Trinajstić information content (AvgIpc) is 2.24. The van der Waals surface area contributed by atoms with Gasteiger partial charge in [0.15, 0.2) is 5.96 Å². The summed E-state index contributed by atoms with van der Waals surface area (Å²) in [6, 6.07) is 3.49. The molecular formula is C14H18ClFIN3. The molecule has 1 rings (SSSR count). The average molecular weight is 410 g/mol. The molecule has 0 saturated heterocycles. The number of benzene rings is 1. The van der Waals surface area contributed by atoms with Crippen molar-refractivity contribution in [3.63, 3.8) is 0 Å². The molecule has 1 aromatic rings. The summed E-state index contributed by atoms with van der Waals surface area (Å²) in [7, 11) is 0. The highest BCUT2D eigenvalue weighted by atomic mass is 127. The zero-order valence-corrected chi connectivity index (χ0v) is 14.7. The van der Waals surface area contributed by atoms with Crippen molar-refractivity contribution < 1.29 is 4.39 Å². The first-order chi connectivity index (χ1) is 8.73. The zero-order valence-electron chi connectivity index (χ0n) is 11.6. The number of halogens is 3. The Morgan fingerprint density at radius 1 is 1.50 bits per heavy atom. The molecule has 0 aliphatic heterocycles. The number of rotatable bonds is 2. The molecule has 110 valence electrons. The van der Waals surface area contributed by atoms with Gasteiger partial charge in [-0.15, -0.1) is 30.4 Å². The van der Waals surface area contributed by atoms with Crippen LogP contribution in [-0.2, 0) is 0 Å². The molecule has 0 amide bonds. The molecule has 0 bridgehead atoms. The topological polar surface area (TPSA) is 50.4 Å². The Labute approximate surface area is 141 Å². The van der Waals surface area contributed by atoms with Gasteiger partial charge in [0.05, 0.1) is 0 Å². The van der Waals surface area contributed by atoms with Gasteiger partial charge in [-0.2, -0.15) is 0 Å². The lowest BCUT2D eigenvalue weighted by molar-refractivity contribution is 0.507. The van der Waals surface area contributed by atoms with Crippen LogP contribution in [0.5, 0.6) is 0 Å². The molecule has 0 spiro atoms. The fourth-order valence-electron chi connectivity index (χ4n) is 1.48. The van der Waals surface area contributed by atoms with Gasteiger partial charge in [-0.05, 0) is 32.9 Å². The lowest BCUT2D eigenvalue weighted by atomic mass is 10.1. The number of guanidine groups is 1. The second-order valence-corrected chi connectivity index (χ2v) is 5.56. The van der Waals surface area contributed by atoms with Gasteiger partial charge >= 0.3 is 0 Å². The number of terminal acetylenes is 1. The van der Waals surface area contributed by atoms with Crippen LogP contribution in [0.2, 0.25) is 5.02 Å². The van der Waals surface area contributed by atoms with Gasteiger partial charge in [-0.25, -0.2) is 9.38 Å². The highest BCUT2D eigenvalue weighted by molar-refractivity contribution is 14.0. The molecular weight excluding hydrogens is 392 g/mol. The summed E-state index contributed by atoms with van der Waals surface area (Å²) in [5.41, 5.74) is 5.77. The van der Waals surface area contributed by atoms with Crippen molar-refractivity contribution >= 4 is 41.5 Å². The maximum absolute atomic E-state index is 13.8. The molecule has 6 heteroatoms.